The third-order valence-corrected chi connectivity index (χ3v) is 5.67. The largest absolute Gasteiger partial charge is 0.335 e. The Morgan fingerprint density at radius 3 is 2.36 bits per heavy atom. The van der Waals surface area contributed by atoms with Gasteiger partial charge in [0.15, 0.2) is 5.69 Å². The van der Waals surface area contributed by atoms with Gasteiger partial charge in [-0.3, -0.25) is 14.5 Å². The first-order chi connectivity index (χ1) is 15.9. The number of nitriles is 1. The maximum Gasteiger partial charge on any atom is 0.278 e. The maximum absolute atomic E-state index is 14.3. The molecule has 9 heteroatoms. The highest BCUT2D eigenvalue weighted by molar-refractivity contribution is 5.92. The lowest BCUT2D eigenvalue weighted by molar-refractivity contribution is 0.0597. The predicted molar refractivity (Wildman–Crippen MR) is 117 cm³/mol. The van der Waals surface area contributed by atoms with E-state index in [1.165, 1.54) is 39.9 Å². The summed E-state index contributed by atoms with van der Waals surface area (Å²) in [5, 5.41) is 13.8. The van der Waals surface area contributed by atoms with E-state index < -0.39 is 23.2 Å². The SMILES string of the molecule is Cc1cc(=O)c(C(=O)N2CCN([C@@H](C#N)c3ccc(F)cc3)CC2)nn1-c1ccccc1F. The van der Waals surface area contributed by atoms with Gasteiger partial charge in [0, 0.05) is 37.9 Å². The van der Waals surface area contributed by atoms with Crippen molar-refractivity contribution >= 4 is 5.91 Å². The van der Waals surface area contributed by atoms with Crippen molar-refractivity contribution in [1.82, 2.24) is 19.6 Å². The molecule has 1 aromatic heterocycles. The van der Waals surface area contributed by atoms with E-state index in [0.29, 0.717) is 24.3 Å². The zero-order valence-corrected chi connectivity index (χ0v) is 17.9. The van der Waals surface area contributed by atoms with Crippen LogP contribution in [-0.4, -0.2) is 51.7 Å². The highest BCUT2D eigenvalue weighted by Gasteiger charge is 2.29. The van der Waals surface area contributed by atoms with Crippen molar-refractivity contribution < 1.29 is 13.6 Å². The van der Waals surface area contributed by atoms with Crippen molar-refractivity contribution in [3.05, 3.63) is 93.4 Å². The molecule has 0 N–H and O–H groups in total. The molecule has 0 radical (unpaired) electrons. The number of carbonyl (C=O) groups is 1. The quantitative estimate of drug-likeness (QED) is 0.612. The number of hydrogen-bond donors (Lipinski definition) is 0. The van der Waals surface area contributed by atoms with Gasteiger partial charge >= 0.3 is 0 Å². The molecule has 0 unspecified atom stereocenters. The smallest absolute Gasteiger partial charge is 0.278 e. The molecule has 1 atom stereocenters. The second-order valence-corrected chi connectivity index (χ2v) is 7.77. The van der Waals surface area contributed by atoms with E-state index in [2.05, 4.69) is 11.2 Å². The summed E-state index contributed by atoms with van der Waals surface area (Å²) < 4.78 is 28.7. The Balaban J connectivity index is 1.53. The summed E-state index contributed by atoms with van der Waals surface area (Å²) in [4.78, 5) is 29.0. The van der Waals surface area contributed by atoms with Crippen LogP contribution in [0.1, 0.15) is 27.8 Å². The molecule has 2 aromatic carbocycles. The molecule has 0 saturated carbocycles. The third kappa shape index (κ3) is 4.52. The van der Waals surface area contributed by atoms with Gasteiger partial charge in [0.05, 0.1) is 6.07 Å². The number of aryl methyl sites for hydroxylation is 1. The Kier molecular flexibility index (Phi) is 6.29. The predicted octanol–water partition coefficient (Wildman–Crippen LogP) is 2.84. The molecule has 0 spiro atoms. The Labute approximate surface area is 189 Å². The van der Waals surface area contributed by atoms with Crippen molar-refractivity contribution in [1.29, 1.82) is 5.26 Å². The van der Waals surface area contributed by atoms with Gasteiger partial charge in [-0.15, -0.1) is 0 Å². The van der Waals surface area contributed by atoms with Gasteiger partial charge in [-0.05, 0) is 36.8 Å². The lowest BCUT2D eigenvalue weighted by atomic mass is 10.1. The van der Waals surface area contributed by atoms with Crippen molar-refractivity contribution in [2.75, 3.05) is 26.2 Å². The van der Waals surface area contributed by atoms with Gasteiger partial charge in [0.1, 0.15) is 23.4 Å². The molecule has 1 amide bonds. The standard InChI is InChI=1S/C24H21F2N5O2/c1-16-14-22(32)23(28-31(16)20-5-3-2-4-19(20)26)24(33)30-12-10-29(11-13-30)21(15-27)17-6-8-18(25)9-7-17/h2-9,14,21H,10-13H2,1H3/t21-/m0/s1. The highest BCUT2D eigenvalue weighted by Crippen LogP contribution is 2.22. The molecular formula is C24H21F2N5O2. The fraction of sp³-hybridized carbons (Fsp3) is 0.250. The van der Waals surface area contributed by atoms with Crippen LogP contribution in [0.2, 0.25) is 0 Å². The Morgan fingerprint density at radius 2 is 1.73 bits per heavy atom. The van der Waals surface area contributed by atoms with Crippen LogP contribution in [0, 0.1) is 29.9 Å². The number of halogens is 2. The average molecular weight is 449 g/mol. The van der Waals surface area contributed by atoms with Crippen molar-refractivity contribution in [2.45, 2.75) is 13.0 Å². The summed E-state index contributed by atoms with van der Waals surface area (Å²) in [6.45, 7) is 2.98. The van der Waals surface area contributed by atoms with E-state index in [1.807, 2.05) is 4.90 Å². The molecule has 0 bridgehead atoms. The fourth-order valence-electron chi connectivity index (χ4n) is 3.91. The lowest BCUT2D eigenvalue weighted by Gasteiger charge is -2.36. The summed E-state index contributed by atoms with van der Waals surface area (Å²) in [7, 11) is 0. The minimum atomic E-state index is -0.571. The number of carbonyl (C=O) groups excluding carboxylic acids is 1. The van der Waals surface area contributed by atoms with E-state index in [4.69, 9.17) is 0 Å². The summed E-state index contributed by atoms with van der Waals surface area (Å²) in [5.41, 5.74) is 0.403. The molecule has 7 nitrogen and oxygen atoms in total. The zero-order valence-electron chi connectivity index (χ0n) is 17.9. The normalized spacial score (nSPS) is 15.2. The molecular weight excluding hydrogens is 428 g/mol. The molecule has 1 aliphatic rings. The van der Waals surface area contributed by atoms with Crippen LogP contribution in [0.4, 0.5) is 8.78 Å². The first-order valence-electron chi connectivity index (χ1n) is 10.4. The molecule has 0 aliphatic carbocycles. The van der Waals surface area contributed by atoms with Crippen LogP contribution in [-0.2, 0) is 0 Å². The molecule has 4 rings (SSSR count). The Bertz CT molecular complexity index is 1280. The van der Waals surface area contributed by atoms with E-state index in [-0.39, 0.29) is 30.3 Å². The second-order valence-electron chi connectivity index (χ2n) is 7.77. The van der Waals surface area contributed by atoms with Gasteiger partial charge < -0.3 is 4.90 Å². The van der Waals surface area contributed by atoms with Crippen LogP contribution in [0.15, 0.2) is 59.4 Å². The number of piperazine rings is 1. The highest BCUT2D eigenvalue weighted by atomic mass is 19.1. The number of aromatic nitrogens is 2. The Hall–Kier alpha value is -3.90. The minimum Gasteiger partial charge on any atom is -0.335 e. The van der Waals surface area contributed by atoms with E-state index in [1.54, 1.807) is 31.2 Å². The summed E-state index contributed by atoms with van der Waals surface area (Å²) in [6, 6.07) is 14.7. The average Bonchev–Trinajstić information content (AvgIpc) is 2.82. The van der Waals surface area contributed by atoms with Crippen LogP contribution in [0.25, 0.3) is 5.69 Å². The number of hydrogen-bond acceptors (Lipinski definition) is 5. The fourth-order valence-corrected chi connectivity index (χ4v) is 3.91. The number of amides is 1. The van der Waals surface area contributed by atoms with Crippen LogP contribution in [0.3, 0.4) is 0 Å². The summed E-state index contributed by atoms with van der Waals surface area (Å²) >= 11 is 0. The third-order valence-electron chi connectivity index (χ3n) is 5.67. The van der Waals surface area contributed by atoms with Crippen molar-refractivity contribution in [2.24, 2.45) is 0 Å². The molecule has 33 heavy (non-hydrogen) atoms. The minimum absolute atomic E-state index is 0.144. The molecule has 1 fully saturated rings. The monoisotopic (exact) mass is 449 g/mol. The van der Waals surface area contributed by atoms with Gasteiger partial charge in [0.2, 0.25) is 5.43 Å². The molecule has 1 aliphatic heterocycles. The first kappa shape index (κ1) is 22.3. The van der Waals surface area contributed by atoms with Crippen LogP contribution >= 0.6 is 0 Å². The number of benzene rings is 2. The van der Waals surface area contributed by atoms with Gasteiger partial charge in [-0.2, -0.15) is 10.4 Å². The summed E-state index contributed by atoms with van der Waals surface area (Å²) in [6.07, 6.45) is 0. The molecule has 168 valence electrons. The van der Waals surface area contributed by atoms with Gasteiger partial charge in [-0.25, -0.2) is 13.5 Å². The number of nitrogens with zero attached hydrogens (tertiary/aromatic N) is 5. The van der Waals surface area contributed by atoms with Gasteiger partial charge in [0.25, 0.3) is 5.91 Å². The zero-order chi connectivity index (χ0) is 23.5. The van der Waals surface area contributed by atoms with Crippen molar-refractivity contribution in [3.8, 4) is 11.8 Å². The first-order valence-corrected chi connectivity index (χ1v) is 10.4. The number of rotatable bonds is 4. The van der Waals surface area contributed by atoms with E-state index in [9.17, 15) is 23.6 Å². The van der Waals surface area contributed by atoms with E-state index >= 15 is 0 Å². The molecule has 1 saturated heterocycles. The molecule has 3 aromatic rings. The number of para-hydroxylation sites is 1. The Morgan fingerprint density at radius 1 is 1.06 bits per heavy atom. The lowest BCUT2D eigenvalue weighted by Crippen LogP contribution is -2.50. The van der Waals surface area contributed by atoms with Crippen LogP contribution < -0.4 is 5.43 Å². The van der Waals surface area contributed by atoms with Crippen molar-refractivity contribution in [3.63, 3.8) is 0 Å². The molecule has 2 heterocycles. The topological polar surface area (TPSA) is 82.2 Å². The van der Waals surface area contributed by atoms with Crippen LogP contribution in [0.5, 0.6) is 0 Å². The van der Waals surface area contributed by atoms with E-state index in [0.717, 1.165) is 0 Å². The maximum atomic E-state index is 14.3. The van der Waals surface area contributed by atoms with Gasteiger partial charge in [-0.1, -0.05) is 24.3 Å². The summed E-state index contributed by atoms with van der Waals surface area (Å²) in [5.74, 6) is -1.44. The second kappa shape index (κ2) is 9.30.